The Morgan fingerprint density at radius 1 is 1.06 bits per heavy atom. The predicted molar refractivity (Wildman–Crippen MR) is 109 cm³/mol. The van der Waals surface area contributed by atoms with Crippen LogP contribution < -0.4 is 9.47 Å². The van der Waals surface area contributed by atoms with Gasteiger partial charge in [0, 0.05) is 26.2 Å². The molecule has 2 heterocycles. The third-order valence-electron chi connectivity index (χ3n) is 5.06. The number of amides is 1. The molecule has 1 saturated heterocycles. The van der Waals surface area contributed by atoms with Gasteiger partial charge in [0.1, 0.15) is 17.3 Å². The molecule has 0 unspecified atom stereocenters. The number of nitrogens with zero attached hydrogens (tertiary/aromatic N) is 4. The summed E-state index contributed by atoms with van der Waals surface area (Å²) < 4.78 is 30.0. The van der Waals surface area contributed by atoms with E-state index in [4.69, 9.17) is 14.0 Å². The minimum Gasteiger partial charge on any atom is -0.497 e. The summed E-state index contributed by atoms with van der Waals surface area (Å²) in [6.45, 7) is 2.97. The zero-order chi connectivity index (χ0) is 21.6. The number of hydrogen-bond donors (Lipinski definition) is 0. The Balaban J connectivity index is 1.25. The quantitative estimate of drug-likeness (QED) is 0.575. The first-order valence-electron chi connectivity index (χ1n) is 9.97. The van der Waals surface area contributed by atoms with E-state index in [9.17, 15) is 9.18 Å². The van der Waals surface area contributed by atoms with Gasteiger partial charge < -0.3 is 18.9 Å². The monoisotopic (exact) mass is 426 g/mol. The van der Waals surface area contributed by atoms with Gasteiger partial charge >= 0.3 is 0 Å². The number of aromatic nitrogens is 2. The Labute approximate surface area is 179 Å². The van der Waals surface area contributed by atoms with E-state index in [0.717, 1.165) is 5.75 Å². The number of carbonyl (C=O) groups excluding carboxylic acids is 1. The smallest absolute Gasteiger partial charge is 0.256 e. The lowest BCUT2D eigenvalue weighted by atomic mass is 10.1. The molecule has 0 N–H and O–H groups in total. The molecule has 1 aliphatic rings. The second kappa shape index (κ2) is 9.57. The molecule has 31 heavy (non-hydrogen) atoms. The molecule has 0 radical (unpaired) electrons. The minimum atomic E-state index is -0.495. The van der Waals surface area contributed by atoms with Crippen LogP contribution in [0.4, 0.5) is 4.39 Å². The normalized spacial score (nSPS) is 14.5. The summed E-state index contributed by atoms with van der Waals surface area (Å²) in [5, 5.41) is 3.95. The van der Waals surface area contributed by atoms with E-state index in [1.165, 1.54) is 12.1 Å². The van der Waals surface area contributed by atoms with Crippen LogP contribution in [-0.2, 0) is 13.2 Å². The number of benzene rings is 2. The van der Waals surface area contributed by atoms with Crippen LogP contribution in [0, 0.1) is 5.82 Å². The van der Waals surface area contributed by atoms with Gasteiger partial charge in [0.15, 0.2) is 6.61 Å². The van der Waals surface area contributed by atoms with Crippen molar-refractivity contribution in [3.05, 3.63) is 71.6 Å². The molecule has 3 aromatic rings. The SMILES string of the molecule is COc1ccc(OCc2noc(CN3CCN(C(=O)c4ccccc4F)CC3)n2)cc1. The maximum Gasteiger partial charge on any atom is 0.256 e. The van der Waals surface area contributed by atoms with Crippen molar-refractivity contribution in [2.45, 2.75) is 13.2 Å². The van der Waals surface area contributed by atoms with E-state index < -0.39 is 5.82 Å². The van der Waals surface area contributed by atoms with Crippen molar-refractivity contribution in [2.75, 3.05) is 33.3 Å². The second-order valence-electron chi connectivity index (χ2n) is 7.12. The molecule has 1 fully saturated rings. The number of carbonyl (C=O) groups is 1. The van der Waals surface area contributed by atoms with Crippen molar-refractivity contribution in [1.29, 1.82) is 0 Å². The van der Waals surface area contributed by atoms with Crippen LogP contribution in [0.3, 0.4) is 0 Å². The summed E-state index contributed by atoms with van der Waals surface area (Å²) in [6, 6.07) is 13.3. The Kier molecular flexibility index (Phi) is 6.42. The minimum absolute atomic E-state index is 0.106. The van der Waals surface area contributed by atoms with Crippen LogP contribution in [0.1, 0.15) is 22.1 Å². The first kappa shape index (κ1) is 20.8. The van der Waals surface area contributed by atoms with Crippen LogP contribution >= 0.6 is 0 Å². The maximum atomic E-state index is 13.9. The summed E-state index contributed by atoms with van der Waals surface area (Å²) in [4.78, 5) is 20.7. The predicted octanol–water partition coefficient (Wildman–Crippen LogP) is 2.75. The van der Waals surface area contributed by atoms with E-state index >= 15 is 0 Å². The van der Waals surface area contributed by atoms with Crippen molar-refractivity contribution in [3.8, 4) is 11.5 Å². The second-order valence-corrected chi connectivity index (χ2v) is 7.12. The Bertz CT molecular complexity index is 1020. The van der Waals surface area contributed by atoms with Crippen molar-refractivity contribution < 1.29 is 23.2 Å². The van der Waals surface area contributed by atoms with Gasteiger partial charge in [-0.2, -0.15) is 4.98 Å². The summed E-state index contributed by atoms with van der Waals surface area (Å²) in [5.41, 5.74) is 0.106. The van der Waals surface area contributed by atoms with Gasteiger partial charge in [-0.1, -0.05) is 17.3 Å². The number of rotatable bonds is 7. The fourth-order valence-corrected chi connectivity index (χ4v) is 3.34. The third kappa shape index (κ3) is 5.18. The maximum absolute atomic E-state index is 13.9. The molecule has 4 rings (SSSR count). The van der Waals surface area contributed by atoms with Gasteiger partial charge in [0.2, 0.25) is 11.7 Å². The standard InChI is InChI=1S/C22H23FN4O4/c1-29-16-6-8-17(9-7-16)30-15-20-24-21(31-25-20)14-26-10-12-27(13-11-26)22(28)18-4-2-3-5-19(18)23/h2-9H,10-15H2,1H3. The molecule has 2 aromatic carbocycles. The number of piperazine rings is 1. The average Bonchev–Trinajstić information content (AvgIpc) is 3.25. The Morgan fingerprint density at radius 2 is 1.77 bits per heavy atom. The largest absolute Gasteiger partial charge is 0.497 e. The highest BCUT2D eigenvalue weighted by molar-refractivity contribution is 5.94. The number of hydrogen-bond acceptors (Lipinski definition) is 7. The summed E-state index contributed by atoms with van der Waals surface area (Å²) in [5.74, 6) is 1.60. The topological polar surface area (TPSA) is 80.9 Å². The first-order valence-corrected chi connectivity index (χ1v) is 9.97. The van der Waals surface area contributed by atoms with Crippen molar-refractivity contribution in [2.24, 2.45) is 0 Å². The van der Waals surface area contributed by atoms with Crippen molar-refractivity contribution >= 4 is 5.91 Å². The lowest BCUT2D eigenvalue weighted by Gasteiger charge is -2.34. The van der Waals surface area contributed by atoms with E-state index in [1.807, 2.05) is 24.3 Å². The molecule has 0 atom stereocenters. The lowest BCUT2D eigenvalue weighted by Crippen LogP contribution is -2.48. The number of ether oxygens (including phenoxy) is 2. The van der Waals surface area contributed by atoms with Crippen LogP contribution in [-0.4, -0.2) is 59.1 Å². The van der Waals surface area contributed by atoms with Crippen molar-refractivity contribution in [3.63, 3.8) is 0 Å². The molecule has 0 aliphatic carbocycles. The highest BCUT2D eigenvalue weighted by atomic mass is 19.1. The summed E-state index contributed by atoms with van der Waals surface area (Å²) in [6.07, 6.45) is 0. The van der Waals surface area contributed by atoms with Crippen molar-refractivity contribution in [1.82, 2.24) is 19.9 Å². The molecule has 162 valence electrons. The average molecular weight is 426 g/mol. The van der Waals surface area contributed by atoms with Crippen LogP contribution in [0.2, 0.25) is 0 Å². The Morgan fingerprint density at radius 3 is 2.48 bits per heavy atom. The highest BCUT2D eigenvalue weighted by Crippen LogP contribution is 2.18. The van der Waals surface area contributed by atoms with E-state index in [0.29, 0.717) is 50.2 Å². The molecule has 1 amide bonds. The molecule has 8 nitrogen and oxygen atoms in total. The molecule has 0 bridgehead atoms. The molecule has 0 saturated carbocycles. The molecule has 0 spiro atoms. The number of halogens is 1. The van der Waals surface area contributed by atoms with Crippen LogP contribution in [0.15, 0.2) is 53.1 Å². The van der Waals surface area contributed by atoms with Gasteiger partial charge in [-0.05, 0) is 36.4 Å². The lowest BCUT2D eigenvalue weighted by molar-refractivity contribution is 0.0610. The third-order valence-corrected chi connectivity index (χ3v) is 5.06. The fourth-order valence-electron chi connectivity index (χ4n) is 3.34. The summed E-state index contributed by atoms with van der Waals surface area (Å²) in [7, 11) is 1.61. The van der Waals surface area contributed by atoms with Gasteiger partial charge in [0.05, 0.1) is 19.2 Å². The molecule has 1 aliphatic heterocycles. The van der Waals surface area contributed by atoms with E-state index in [-0.39, 0.29) is 18.1 Å². The first-order chi connectivity index (χ1) is 15.1. The van der Waals surface area contributed by atoms with E-state index in [1.54, 1.807) is 24.1 Å². The zero-order valence-corrected chi connectivity index (χ0v) is 17.2. The van der Waals surface area contributed by atoms with Gasteiger partial charge in [-0.3, -0.25) is 9.69 Å². The van der Waals surface area contributed by atoms with Crippen LogP contribution in [0.5, 0.6) is 11.5 Å². The van der Waals surface area contributed by atoms with Gasteiger partial charge in [-0.15, -0.1) is 0 Å². The molecule has 1 aromatic heterocycles. The fraction of sp³-hybridized carbons (Fsp3) is 0.318. The number of methoxy groups -OCH3 is 1. The van der Waals surface area contributed by atoms with Crippen LogP contribution in [0.25, 0.3) is 0 Å². The molecule has 9 heteroatoms. The highest BCUT2D eigenvalue weighted by Gasteiger charge is 2.24. The summed E-state index contributed by atoms with van der Waals surface area (Å²) >= 11 is 0. The Hall–Kier alpha value is -3.46. The van der Waals surface area contributed by atoms with E-state index in [2.05, 4.69) is 15.0 Å². The molecular formula is C22H23FN4O4. The zero-order valence-electron chi connectivity index (χ0n) is 17.2. The van der Waals surface area contributed by atoms with Gasteiger partial charge in [-0.25, -0.2) is 4.39 Å². The van der Waals surface area contributed by atoms with Gasteiger partial charge in [0.25, 0.3) is 5.91 Å². The molecular weight excluding hydrogens is 403 g/mol.